The third-order valence-electron chi connectivity index (χ3n) is 6.00. The quantitative estimate of drug-likeness (QED) is 0.113. The number of rotatable bonds is 14. The summed E-state index contributed by atoms with van der Waals surface area (Å²) >= 11 is 0. The summed E-state index contributed by atoms with van der Waals surface area (Å²) in [5, 5.41) is 12.1. The number of halogens is 4. The first-order valence-corrected chi connectivity index (χ1v) is 12.3. The van der Waals surface area contributed by atoms with Crippen molar-refractivity contribution in [2.75, 3.05) is 25.4 Å². The Hall–Kier alpha value is -4.23. The summed E-state index contributed by atoms with van der Waals surface area (Å²) in [4.78, 5) is 38.7. The summed E-state index contributed by atoms with van der Waals surface area (Å²) < 4.78 is 62.7. The van der Waals surface area contributed by atoms with Crippen molar-refractivity contribution < 1.29 is 37.0 Å². The van der Waals surface area contributed by atoms with Crippen LogP contribution in [-0.2, 0) is 4.79 Å². The maximum atomic E-state index is 15.0. The average Bonchev–Trinajstić information content (AvgIpc) is 2.87. The minimum atomic E-state index is -1.18. The van der Waals surface area contributed by atoms with Gasteiger partial charge in [0.1, 0.15) is 40.9 Å². The van der Waals surface area contributed by atoms with Crippen molar-refractivity contribution in [2.24, 2.45) is 5.73 Å². The lowest BCUT2D eigenvalue weighted by Crippen LogP contribution is -2.37. The fourth-order valence-corrected chi connectivity index (χ4v) is 3.97. The molecule has 0 aliphatic carbocycles. The molecule has 3 aromatic rings. The first kappa shape index (κ1) is 30.3. The van der Waals surface area contributed by atoms with Gasteiger partial charge in [0.25, 0.3) is 5.56 Å². The smallest absolute Gasteiger partial charge is 0.320 e. The number of unbranched alkanes of at least 4 members (excludes halogenated alkanes) is 1. The number of hydrogen-bond donors (Lipinski definition) is 5. The number of aliphatic carboxylic acids is 1. The molecule has 40 heavy (non-hydrogen) atoms. The van der Waals surface area contributed by atoms with E-state index in [1.54, 1.807) is 0 Å². The van der Waals surface area contributed by atoms with Crippen molar-refractivity contribution in [2.45, 2.75) is 31.7 Å². The lowest BCUT2D eigenvalue weighted by Gasteiger charge is -2.15. The predicted molar refractivity (Wildman–Crippen MR) is 139 cm³/mol. The Morgan fingerprint density at radius 3 is 2.30 bits per heavy atom. The van der Waals surface area contributed by atoms with E-state index >= 15 is 0 Å². The minimum absolute atomic E-state index is 0.00467. The lowest BCUT2D eigenvalue weighted by atomic mass is 9.98. The zero-order chi connectivity index (χ0) is 29.4. The van der Waals surface area contributed by atoms with Crippen molar-refractivity contribution in [3.63, 3.8) is 0 Å². The number of ketones is 1. The van der Waals surface area contributed by atoms with Gasteiger partial charge in [-0.15, -0.1) is 0 Å². The van der Waals surface area contributed by atoms with Crippen molar-refractivity contribution in [1.29, 1.82) is 0 Å². The van der Waals surface area contributed by atoms with E-state index in [0.29, 0.717) is 38.3 Å². The van der Waals surface area contributed by atoms with Crippen LogP contribution < -0.4 is 27.1 Å². The number of anilines is 1. The van der Waals surface area contributed by atoms with Crippen LogP contribution in [0.3, 0.4) is 0 Å². The Morgan fingerprint density at radius 1 is 0.975 bits per heavy atom. The molecule has 0 saturated heterocycles. The fraction of sp³-hybridized carbons (Fsp3) is 0.296. The summed E-state index contributed by atoms with van der Waals surface area (Å²) in [5.41, 5.74) is 7.75. The molecule has 0 spiro atoms. The Morgan fingerprint density at radius 2 is 1.68 bits per heavy atom. The molecule has 1 atom stereocenters. The number of ether oxygens (including phenoxy) is 1. The molecule has 2 aromatic carbocycles. The van der Waals surface area contributed by atoms with Crippen LogP contribution in [0.1, 0.15) is 41.6 Å². The fourth-order valence-electron chi connectivity index (χ4n) is 3.97. The normalized spacial score (nSPS) is 11.8. The van der Waals surface area contributed by atoms with Gasteiger partial charge in [0.2, 0.25) is 0 Å². The molecular formula is C27H28F4N4O5. The van der Waals surface area contributed by atoms with Crippen LogP contribution in [0.4, 0.5) is 23.4 Å². The van der Waals surface area contributed by atoms with Gasteiger partial charge >= 0.3 is 5.97 Å². The summed E-state index contributed by atoms with van der Waals surface area (Å²) in [6.07, 6.45) is 2.09. The third kappa shape index (κ3) is 7.45. The number of hydrogen-bond acceptors (Lipinski definition) is 7. The van der Waals surface area contributed by atoms with E-state index in [1.807, 2.05) is 0 Å². The number of aromatic amines is 1. The summed E-state index contributed by atoms with van der Waals surface area (Å²) in [7, 11) is 0. The number of H-pyrrole nitrogens is 1. The number of nitrogens with two attached hydrogens (primary N) is 2. The number of nitrogens with one attached hydrogen (secondary N) is 2. The standard InChI is InChI=1S/C27H28F4N4O5/c28-14-5-6-16(19(29)10-14)24(36)18-13-17(26(37)35-25(18)33)23-20(30)11-15(12-21(23)31)40-9-3-8-34-22(27(38)39)4-1-2-7-32/h5-6,10-13,22,34H,1-4,7-9,32H2,(H,38,39)(H3,33,35,37)/t22-/m0/s1. The van der Waals surface area contributed by atoms with E-state index in [-0.39, 0.29) is 18.9 Å². The molecule has 3 rings (SSSR count). The topological polar surface area (TPSA) is 161 Å². The van der Waals surface area contributed by atoms with Crippen LogP contribution in [0.2, 0.25) is 0 Å². The minimum Gasteiger partial charge on any atom is -0.493 e. The number of carbonyl (C=O) groups is 2. The van der Waals surface area contributed by atoms with Gasteiger partial charge in [0.15, 0.2) is 5.78 Å². The van der Waals surface area contributed by atoms with Crippen molar-refractivity contribution >= 4 is 17.6 Å². The molecule has 0 saturated carbocycles. The summed E-state index contributed by atoms with van der Waals surface area (Å²) in [6, 6.07) is 3.98. The average molecular weight is 565 g/mol. The number of benzene rings is 2. The molecule has 214 valence electrons. The molecule has 0 unspecified atom stereocenters. The second-order valence-corrected chi connectivity index (χ2v) is 8.89. The van der Waals surface area contributed by atoms with E-state index < -0.39 is 74.7 Å². The number of aromatic nitrogens is 1. The molecule has 0 amide bonds. The Kier molecular flexibility index (Phi) is 10.4. The van der Waals surface area contributed by atoms with Crippen molar-refractivity contribution in [3.05, 3.63) is 81.1 Å². The van der Waals surface area contributed by atoms with Gasteiger partial charge in [-0.05, 0) is 50.6 Å². The summed E-state index contributed by atoms with van der Waals surface area (Å²) in [6.45, 7) is 0.744. The largest absolute Gasteiger partial charge is 0.493 e. The second-order valence-electron chi connectivity index (χ2n) is 8.89. The number of carbonyl (C=O) groups excluding carboxylic acids is 1. The van der Waals surface area contributed by atoms with Crippen molar-refractivity contribution in [3.8, 4) is 16.9 Å². The summed E-state index contributed by atoms with van der Waals surface area (Å²) in [5.74, 6) is -7.16. The molecule has 9 nitrogen and oxygen atoms in total. The lowest BCUT2D eigenvalue weighted by molar-refractivity contribution is -0.139. The van der Waals surface area contributed by atoms with Crippen LogP contribution in [0, 0.1) is 23.3 Å². The highest BCUT2D eigenvalue weighted by Gasteiger charge is 2.23. The Balaban J connectivity index is 1.74. The number of pyridine rings is 1. The highest BCUT2D eigenvalue weighted by atomic mass is 19.1. The number of carboxylic acid groups (broad SMARTS) is 1. The van der Waals surface area contributed by atoms with E-state index in [1.165, 1.54) is 0 Å². The van der Waals surface area contributed by atoms with Crippen LogP contribution >= 0.6 is 0 Å². The monoisotopic (exact) mass is 564 g/mol. The maximum Gasteiger partial charge on any atom is 0.320 e. The Labute approximate surface area is 226 Å². The zero-order valence-electron chi connectivity index (χ0n) is 21.2. The SMILES string of the molecule is NCCCC[C@H](NCCCOc1cc(F)c(-c2cc(C(=O)c3ccc(F)cc3F)c(N)[nH]c2=O)c(F)c1)C(=O)O. The van der Waals surface area contributed by atoms with Gasteiger partial charge in [-0.2, -0.15) is 0 Å². The van der Waals surface area contributed by atoms with Gasteiger partial charge in [0, 0.05) is 18.2 Å². The third-order valence-corrected chi connectivity index (χ3v) is 6.00. The molecule has 7 N–H and O–H groups in total. The second kappa shape index (κ2) is 13.7. The van der Waals surface area contributed by atoms with E-state index in [0.717, 1.165) is 30.3 Å². The van der Waals surface area contributed by atoms with Gasteiger partial charge < -0.3 is 31.6 Å². The molecule has 0 aliphatic heterocycles. The van der Waals surface area contributed by atoms with Gasteiger partial charge in [-0.3, -0.25) is 14.4 Å². The van der Waals surface area contributed by atoms with Gasteiger partial charge in [-0.1, -0.05) is 6.42 Å². The first-order valence-electron chi connectivity index (χ1n) is 12.3. The first-order chi connectivity index (χ1) is 19.0. The highest BCUT2D eigenvalue weighted by molar-refractivity contribution is 6.12. The molecule has 13 heteroatoms. The van der Waals surface area contributed by atoms with Crippen LogP contribution in [0.5, 0.6) is 5.75 Å². The zero-order valence-corrected chi connectivity index (χ0v) is 21.2. The predicted octanol–water partition coefficient (Wildman–Crippen LogP) is 3.35. The van der Waals surface area contributed by atoms with E-state index in [9.17, 15) is 37.1 Å². The molecule has 1 heterocycles. The molecule has 0 fully saturated rings. The van der Waals surface area contributed by atoms with Crippen LogP contribution in [0.25, 0.3) is 11.1 Å². The highest BCUT2D eigenvalue weighted by Crippen LogP contribution is 2.30. The molecule has 1 aromatic heterocycles. The van der Waals surface area contributed by atoms with Crippen molar-refractivity contribution in [1.82, 2.24) is 10.3 Å². The van der Waals surface area contributed by atoms with Gasteiger partial charge in [0.05, 0.1) is 28.9 Å². The van der Waals surface area contributed by atoms with E-state index in [4.69, 9.17) is 16.2 Å². The maximum absolute atomic E-state index is 15.0. The van der Waals surface area contributed by atoms with Crippen LogP contribution in [0.15, 0.2) is 41.2 Å². The van der Waals surface area contributed by atoms with Crippen LogP contribution in [-0.4, -0.2) is 47.6 Å². The molecule has 0 bridgehead atoms. The number of nitrogen functional groups attached to an aromatic ring is 1. The Bertz CT molecular complexity index is 1420. The van der Waals surface area contributed by atoms with E-state index in [2.05, 4.69) is 10.3 Å². The molecule has 0 radical (unpaired) electrons. The van der Waals surface area contributed by atoms with Gasteiger partial charge in [-0.25, -0.2) is 17.6 Å². The molecular weight excluding hydrogens is 536 g/mol. The molecule has 0 aliphatic rings. The number of carboxylic acids is 1.